The molecule has 1 aromatic carbocycles. The van der Waals surface area contributed by atoms with Crippen molar-refractivity contribution in [2.24, 2.45) is 7.05 Å². The predicted molar refractivity (Wildman–Crippen MR) is 106 cm³/mol. The fraction of sp³-hybridized carbons (Fsp3) is 0.400. The van der Waals surface area contributed by atoms with Crippen LogP contribution >= 0.6 is 0 Å². The van der Waals surface area contributed by atoms with Gasteiger partial charge in [0.15, 0.2) is 5.52 Å². The van der Waals surface area contributed by atoms with Crippen LogP contribution in [0, 0.1) is 0 Å². The van der Waals surface area contributed by atoms with Gasteiger partial charge in [-0.15, -0.1) is 0 Å². The van der Waals surface area contributed by atoms with Crippen LogP contribution in [0.25, 0.3) is 11.0 Å². The third kappa shape index (κ3) is 3.77. The Labute approximate surface area is 158 Å². The second-order valence-corrected chi connectivity index (χ2v) is 6.64. The van der Waals surface area contributed by atoms with E-state index in [-0.39, 0.29) is 11.5 Å². The van der Waals surface area contributed by atoms with Crippen molar-refractivity contribution in [1.82, 2.24) is 19.7 Å². The van der Waals surface area contributed by atoms with Crippen LogP contribution < -0.4 is 10.5 Å². The summed E-state index contributed by atoms with van der Waals surface area (Å²) in [4.78, 5) is 33.4. The minimum absolute atomic E-state index is 0.0155. The molecule has 0 unspecified atom stereocenters. The summed E-state index contributed by atoms with van der Waals surface area (Å²) in [5, 5.41) is 4.44. The van der Waals surface area contributed by atoms with Gasteiger partial charge in [-0.25, -0.2) is 4.98 Å². The van der Waals surface area contributed by atoms with Gasteiger partial charge in [0.05, 0.1) is 5.69 Å². The fourth-order valence-electron chi connectivity index (χ4n) is 3.36. The normalized spacial score (nSPS) is 11.1. The molecule has 0 saturated heterocycles. The van der Waals surface area contributed by atoms with Gasteiger partial charge in [-0.05, 0) is 31.0 Å². The van der Waals surface area contributed by atoms with E-state index >= 15 is 0 Å². The van der Waals surface area contributed by atoms with Gasteiger partial charge in [0.25, 0.3) is 5.56 Å². The van der Waals surface area contributed by atoms with Gasteiger partial charge in [0.1, 0.15) is 11.3 Å². The highest BCUT2D eigenvalue weighted by Crippen LogP contribution is 2.18. The summed E-state index contributed by atoms with van der Waals surface area (Å²) in [5.74, 6) is 0.631. The van der Waals surface area contributed by atoms with Gasteiger partial charge in [-0.2, -0.15) is 5.10 Å². The lowest BCUT2D eigenvalue weighted by molar-refractivity contribution is -0.116. The first-order chi connectivity index (χ1) is 12.9. The van der Waals surface area contributed by atoms with Crippen LogP contribution in [0.5, 0.6) is 0 Å². The molecular formula is C20H25N5O2. The Morgan fingerprint density at radius 2 is 1.93 bits per heavy atom. The number of aromatic amines is 1. The van der Waals surface area contributed by atoms with Crippen LogP contribution in [-0.2, 0) is 24.7 Å². The smallest absolute Gasteiger partial charge is 0.277 e. The largest absolute Gasteiger partial charge is 0.313 e. The Kier molecular flexibility index (Phi) is 5.39. The van der Waals surface area contributed by atoms with E-state index in [2.05, 4.69) is 22.0 Å². The summed E-state index contributed by atoms with van der Waals surface area (Å²) in [6.07, 6.45) is 2.25. The Bertz CT molecular complexity index is 1020. The monoisotopic (exact) mass is 367 g/mol. The molecule has 0 spiro atoms. The number of benzene rings is 1. The summed E-state index contributed by atoms with van der Waals surface area (Å²) in [6.45, 7) is 6.21. The van der Waals surface area contributed by atoms with Crippen LogP contribution in [0.4, 0.5) is 5.69 Å². The molecule has 0 bridgehead atoms. The molecule has 27 heavy (non-hydrogen) atoms. The number of anilines is 1. The standard InChI is InChI=1S/C20H25N5O2/c1-5-7-16-18-19(24(4)23-16)20(27)22-17(21-18)12-14-8-10-15(11-9-14)25(6-2)13(3)26/h8-11H,5-7,12H2,1-4H3,(H,21,22,27). The summed E-state index contributed by atoms with van der Waals surface area (Å²) in [5.41, 5.74) is 3.77. The molecule has 2 heterocycles. The molecule has 2 aromatic heterocycles. The molecular weight excluding hydrogens is 342 g/mol. The molecule has 0 fully saturated rings. The van der Waals surface area contributed by atoms with E-state index in [1.165, 1.54) is 0 Å². The minimum atomic E-state index is -0.169. The van der Waals surface area contributed by atoms with Crippen molar-refractivity contribution in [1.29, 1.82) is 0 Å². The van der Waals surface area contributed by atoms with Crippen LogP contribution in [0.15, 0.2) is 29.1 Å². The Morgan fingerprint density at radius 1 is 1.22 bits per heavy atom. The van der Waals surface area contributed by atoms with Crippen molar-refractivity contribution in [3.05, 3.63) is 51.7 Å². The molecule has 3 aromatic rings. The van der Waals surface area contributed by atoms with E-state index < -0.39 is 0 Å². The molecule has 0 radical (unpaired) electrons. The number of nitrogens with zero attached hydrogens (tertiary/aromatic N) is 4. The first-order valence-electron chi connectivity index (χ1n) is 9.26. The van der Waals surface area contributed by atoms with E-state index in [1.807, 2.05) is 31.2 Å². The number of nitrogens with one attached hydrogen (secondary N) is 1. The average Bonchev–Trinajstić information content (AvgIpc) is 2.93. The lowest BCUT2D eigenvalue weighted by Gasteiger charge is -2.19. The van der Waals surface area contributed by atoms with Crippen molar-refractivity contribution in [3.63, 3.8) is 0 Å². The van der Waals surface area contributed by atoms with E-state index in [9.17, 15) is 9.59 Å². The van der Waals surface area contributed by atoms with Gasteiger partial charge >= 0.3 is 0 Å². The van der Waals surface area contributed by atoms with Crippen molar-refractivity contribution in [2.75, 3.05) is 11.4 Å². The lowest BCUT2D eigenvalue weighted by atomic mass is 10.1. The van der Waals surface area contributed by atoms with E-state index in [0.717, 1.165) is 29.8 Å². The highest BCUT2D eigenvalue weighted by molar-refractivity contribution is 5.91. The average molecular weight is 367 g/mol. The molecule has 0 saturated carbocycles. The quantitative estimate of drug-likeness (QED) is 0.726. The highest BCUT2D eigenvalue weighted by Gasteiger charge is 2.15. The van der Waals surface area contributed by atoms with Crippen molar-refractivity contribution in [2.45, 2.75) is 40.0 Å². The third-order valence-corrected chi connectivity index (χ3v) is 4.61. The molecule has 0 aliphatic rings. The molecule has 0 aliphatic carbocycles. The number of rotatable bonds is 6. The number of aryl methyl sites for hydroxylation is 2. The van der Waals surface area contributed by atoms with Crippen molar-refractivity contribution < 1.29 is 4.79 Å². The Morgan fingerprint density at radius 3 is 2.52 bits per heavy atom. The maximum Gasteiger partial charge on any atom is 0.277 e. The zero-order valence-corrected chi connectivity index (χ0v) is 16.2. The van der Waals surface area contributed by atoms with Crippen LogP contribution in [0.3, 0.4) is 0 Å². The lowest BCUT2D eigenvalue weighted by Crippen LogP contribution is -2.27. The summed E-state index contributed by atoms with van der Waals surface area (Å²) < 4.78 is 1.60. The van der Waals surface area contributed by atoms with E-state index in [0.29, 0.717) is 29.8 Å². The second-order valence-electron chi connectivity index (χ2n) is 6.64. The molecule has 7 heteroatoms. The first kappa shape index (κ1) is 18.8. The molecule has 142 valence electrons. The Hall–Kier alpha value is -2.96. The van der Waals surface area contributed by atoms with Crippen LogP contribution in [0.1, 0.15) is 44.3 Å². The second kappa shape index (κ2) is 7.73. The van der Waals surface area contributed by atoms with Gasteiger partial charge in [-0.1, -0.05) is 25.5 Å². The van der Waals surface area contributed by atoms with Gasteiger partial charge < -0.3 is 9.88 Å². The summed E-state index contributed by atoms with van der Waals surface area (Å²) in [7, 11) is 1.77. The molecule has 1 N–H and O–H groups in total. The number of carbonyl (C=O) groups is 1. The zero-order chi connectivity index (χ0) is 19.6. The number of amides is 1. The predicted octanol–water partition coefficient (Wildman–Crippen LogP) is 2.57. The number of hydrogen-bond acceptors (Lipinski definition) is 4. The fourth-order valence-corrected chi connectivity index (χ4v) is 3.36. The summed E-state index contributed by atoms with van der Waals surface area (Å²) >= 11 is 0. The first-order valence-corrected chi connectivity index (χ1v) is 9.26. The van der Waals surface area contributed by atoms with Crippen molar-refractivity contribution >= 4 is 22.6 Å². The highest BCUT2D eigenvalue weighted by atomic mass is 16.2. The molecule has 1 amide bonds. The van der Waals surface area contributed by atoms with Crippen LogP contribution in [0.2, 0.25) is 0 Å². The van der Waals surface area contributed by atoms with Gasteiger partial charge in [0, 0.05) is 32.6 Å². The molecule has 0 atom stereocenters. The van der Waals surface area contributed by atoms with E-state index in [1.54, 1.807) is 23.6 Å². The maximum absolute atomic E-state index is 12.5. The molecule has 3 rings (SSSR count). The minimum Gasteiger partial charge on any atom is -0.313 e. The zero-order valence-electron chi connectivity index (χ0n) is 16.2. The van der Waals surface area contributed by atoms with E-state index in [4.69, 9.17) is 0 Å². The Balaban J connectivity index is 1.91. The SMILES string of the molecule is CCCc1nn(C)c2c(=O)[nH]c(Cc3ccc(N(CC)C(C)=O)cc3)nc12. The third-order valence-electron chi connectivity index (χ3n) is 4.61. The number of carbonyl (C=O) groups excluding carboxylic acids is 1. The number of hydrogen-bond donors (Lipinski definition) is 1. The summed E-state index contributed by atoms with van der Waals surface area (Å²) in [6, 6.07) is 7.76. The van der Waals surface area contributed by atoms with Gasteiger partial charge in [0.2, 0.25) is 5.91 Å². The molecule has 0 aliphatic heterocycles. The number of fused-ring (bicyclic) bond motifs is 1. The van der Waals surface area contributed by atoms with Crippen LogP contribution in [-0.4, -0.2) is 32.2 Å². The topological polar surface area (TPSA) is 83.9 Å². The number of aromatic nitrogens is 4. The molecule has 7 nitrogen and oxygen atoms in total. The van der Waals surface area contributed by atoms with Gasteiger partial charge in [-0.3, -0.25) is 14.3 Å². The maximum atomic E-state index is 12.5. The van der Waals surface area contributed by atoms with Crippen molar-refractivity contribution in [3.8, 4) is 0 Å². The number of H-pyrrole nitrogens is 1.